The minimum atomic E-state index is -0.390. The number of Topliss-reactive ketones (excluding diaryl/α,β-unsaturated/α-hetero) is 1. The molecule has 2 aromatic heterocycles. The van der Waals surface area contributed by atoms with Crippen molar-refractivity contribution in [1.29, 1.82) is 0 Å². The molecule has 7 heteroatoms. The molecule has 0 amide bonds. The number of nitrogens with zero attached hydrogens (tertiary/aromatic N) is 3. The van der Waals surface area contributed by atoms with Crippen LogP contribution < -0.4 is 0 Å². The van der Waals surface area contributed by atoms with Crippen molar-refractivity contribution >= 4 is 23.5 Å². The van der Waals surface area contributed by atoms with Crippen LogP contribution in [0.1, 0.15) is 65.0 Å². The Morgan fingerprint density at radius 1 is 1.14 bits per heavy atom. The molecule has 2 heterocycles. The fourth-order valence-corrected chi connectivity index (χ4v) is 4.00. The Morgan fingerprint density at radius 3 is 2.25 bits per heavy atom. The highest BCUT2D eigenvalue weighted by Crippen LogP contribution is 2.21. The second kappa shape index (κ2) is 9.37. The van der Waals surface area contributed by atoms with E-state index in [1.165, 1.54) is 11.8 Å². The number of hydrogen-bond donors (Lipinski definition) is 0. The average molecular weight is 404 g/mol. The van der Waals surface area contributed by atoms with Gasteiger partial charge in [0.15, 0.2) is 11.8 Å². The second-order valence-corrected chi connectivity index (χ2v) is 7.97. The van der Waals surface area contributed by atoms with Gasteiger partial charge in [0.2, 0.25) is 5.78 Å². The zero-order valence-corrected chi connectivity index (χ0v) is 18.6. The fourth-order valence-electron chi connectivity index (χ4n) is 3.54. The van der Waals surface area contributed by atoms with Gasteiger partial charge < -0.3 is 9.30 Å². The van der Waals surface area contributed by atoms with Crippen LogP contribution in [0.4, 0.5) is 0 Å². The van der Waals surface area contributed by atoms with Gasteiger partial charge >= 0.3 is 5.97 Å². The van der Waals surface area contributed by atoms with Crippen LogP contribution in [0.25, 0.3) is 0 Å². The highest BCUT2D eigenvalue weighted by atomic mass is 32.2. The maximum Gasteiger partial charge on any atom is 0.306 e. The van der Waals surface area contributed by atoms with Crippen LogP contribution in [0.15, 0.2) is 11.2 Å². The van der Waals surface area contributed by atoms with Gasteiger partial charge in [-0.25, -0.2) is 9.97 Å². The first-order chi connectivity index (χ1) is 13.1. The Labute approximate surface area is 171 Å². The number of carbonyl (C=O) groups excluding carboxylic acids is 2. The molecule has 28 heavy (non-hydrogen) atoms. The lowest BCUT2D eigenvalue weighted by molar-refractivity contribution is -0.142. The zero-order valence-electron chi connectivity index (χ0n) is 17.8. The Balaban J connectivity index is 1.95. The summed E-state index contributed by atoms with van der Waals surface area (Å²) in [6.07, 6.45) is 2.63. The molecule has 0 atom stereocenters. The minimum Gasteiger partial charge on any atom is -0.457 e. The monoisotopic (exact) mass is 403 g/mol. The number of carbonyl (C=O) groups is 2. The first kappa shape index (κ1) is 22.1. The van der Waals surface area contributed by atoms with E-state index in [1.807, 2.05) is 40.0 Å². The summed E-state index contributed by atoms with van der Waals surface area (Å²) in [6, 6.07) is 2.14. The van der Waals surface area contributed by atoms with Crippen LogP contribution in [0.2, 0.25) is 0 Å². The molecular weight excluding hydrogens is 374 g/mol. The van der Waals surface area contributed by atoms with E-state index in [0.29, 0.717) is 12.0 Å². The molecule has 0 aliphatic heterocycles. The number of ether oxygens (including phenoxy) is 1. The molecule has 0 aromatic carbocycles. The Morgan fingerprint density at radius 2 is 1.75 bits per heavy atom. The van der Waals surface area contributed by atoms with E-state index in [2.05, 4.69) is 28.4 Å². The van der Waals surface area contributed by atoms with Crippen LogP contribution in [0.5, 0.6) is 0 Å². The van der Waals surface area contributed by atoms with Gasteiger partial charge in [-0.05, 0) is 65.8 Å². The van der Waals surface area contributed by atoms with E-state index >= 15 is 0 Å². The van der Waals surface area contributed by atoms with Crippen LogP contribution in [-0.4, -0.2) is 39.2 Å². The van der Waals surface area contributed by atoms with Gasteiger partial charge in [0.1, 0.15) is 0 Å². The van der Waals surface area contributed by atoms with Gasteiger partial charge in [0.25, 0.3) is 0 Å². The topological polar surface area (TPSA) is 74.1 Å². The lowest BCUT2D eigenvalue weighted by atomic mass is 10.1. The maximum absolute atomic E-state index is 12.5. The van der Waals surface area contributed by atoms with E-state index in [-0.39, 0.29) is 24.9 Å². The van der Waals surface area contributed by atoms with Crippen molar-refractivity contribution in [3.05, 3.63) is 40.0 Å². The zero-order chi connectivity index (χ0) is 21.0. The van der Waals surface area contributed by atoms with Crippen LogP contribution in [0.3, 0.4) is 0 Å². The van der Waals surface area contributed by atoms with Gasteiger partial charge in [-0.1, -0.05) is 11.8 Å². The van der Waals surface area contributed by atoms with E-state index < -0.39 is 5.97 Å². The van der Waals surface area contributed by atoms with Crippen molar-refractivity contribution in [2.24, 2.45) is 0 Å². The number of ketones is 1. The molecule has 152 valence electrons. The van der Waals surface area contributed by atoms with Gasteiger partial charge in [-0.3, -0.25) is 9.59 Å². The molecule has 6 nitrogen and oxygen atoms in total. The van der Waals surface area contributed by atoms with Crippen molar-refractivity contribution in [3.8, 4) is 0 Å². The van der Waals surface area contributed by atoms with Crippen LogP contribution in [-0.2, 0) is 16.0 Å². The van der Waals surface area contributed by atoms with Crippen molar-refractivity contribution in [1.82, 2.24) is 14.5 Å². The standard InChI is InChI=1S/C21H29N3O3S/c1-12(2)24-13(3)10-18(16(24)6)19(25)11-27-20(26)9-8-17-14(4)22-21(28-7)23-15(17)5/h10,12H,8-9,11H2,1-7H3. The average Bonchev–Trinajstić information content (AvgIpc) is 2.93. The quantitative estimate of drug-likeness (QED) is 0.285. The molecule has 0 radical (unpaired) electrons. The predicted molar refractivity (Wildman–Crippen MR) is 111 cm³/mol. The van der Waals surface area contributed by atoms with Gasteiger partial charge in [-0.2, -0.15) is 0 Å². The number of hydrogen-bond acceptors (Lipinski definition) is 6. The van der Waals surface area contributed by atoms with E-state index in [4.69, 9.17) is 4.74 Å². The third kappa shape index (κ3) is 5.01. The number of aryl methyl sites for hydroxylation is 3. The minimum absolute atomic E-state index is 0.173. The molecule has 0 aliphatic rings. The molecule has 2 aromatic rings. The van der Waals surface area contributed by atoms with Crippen LogP contribution >= 0.6 is 11.8 Å². The first-order valence-corrected chi connectivity index (χ1v) is 10.6. The molecule has 0 unspecified atom stereocenters. The molecular formula is C21H29N3O3S. The van der Waals surface area contributed by atoms with Crippen molar-refractivity contribution in [2.45, 2.75) is 65.6 Å². The maximum atomic E-state index is 12.5. The smallest absolute Gasteiger partial charge is 0.306 e. The highest BCUT2D eigenvalue weighted by molar-refractivity contribution is 7.98. The van der Waals surface area contributed by atoms with Gasteiger partial charge in [0.05, 0.1) is 0 Å². The molecule has 0 aliphatic carbocycles. The van der Waals surface area contributed by atoms with E-state index in [9.17, 15) is 9.59 Å². The molecule has 0 fully saturated rings. The van der Waals surface area contributed by atoms with Gasteiger partial charge in [0, 0.05) is 40.8 Å². The van der Waals surface area contributed by atoms with Crippen LogP contribution in [0, 0.1) is 27.7 Å². The summed E-state index contributed by atoms with van der Waals surface area (Å²) >= 11 is 1.49. The van der Waals surface area contributed by atoms with Crippen molar-refractivity contribution < 1.29 is 14.3 Å². The number of esters is 1. The summed E-state index contributed by atoms with van der Waals surface area (Å²) < 4.78 is 7.34. The predicted octanol–water partition coefficient (Wildman–Crippen LogP) is 4.17. The number of aromatic nitrogens is 3. The van der Waals surface area contributed by atoms with E-state index in [0.717, 1.165) is 33.5 Å². The van der Waals surface area contributed by atoms with Crippen molar-refractivity contribution in [2.75, 3.05) is 12.9 Å². The summed E-state index contributed by atoms with van der Waals surface area (Å²) in [5.74, 6) is -0.563. The summed E-state index contributed by atoms with van der Waals surface area (Å²) in [5.41, 5.74) is 5.27. The third-order valence-corrected chi connectivity index (χ3v) is 5.38. The summed E-state index contributed by atoms with van der Waals surface area (Å²) in [4.78, 5) is 33.5. The summed E-state index contributed by atoms with van der Waals surface area (Å²) in [6.45, 7) is 11.7. The summed E-state index contributed by atoms with van der Waals surface area (Å²) in [7, 11) is 0. The molecule has 0 spiro atoms. The Kier molecular flexibility index (Phi) is 7.41. The summed E-state index contributed by atoms with van der Waals surface area (Å²) in [5, 5.41) is 0.728. The first-order valence-electron chi connectivity index (χ1n) is 9.41. The molecule has 0 saturated heterocycles. The molecule has 2 rings (SSSR count). The highest BCUT2D eigenvalue weighted by Gasteiger charge is 2.19. The normalized spacial score (nSPS) is 11.1. The van der Waals surface area contributed by atoms with Crippen molar-refractivity contribution in [3.63, 3.8) is 0 Å². The largest absolute Gasteiger partial charge is 0.457 e. The number of rotatable bonds is 8. The molecule has 0 saturated carbocycles. The number of thioether (sulfide) groups is 1. The van der Waals surface area contributed by atoms with E-state index in [1.54, 1.807) is 0 Å². The third-order valence-electron chi connectivity index (χ3n) is 4.83. The second-order valence-electron chi connectivity index (χ2n) is 7.19. The lowest BCUT2D eigenvalue weighted by Gasteiger charge is -2.13. The SMILES string of the molecule is CSc1nc(C)c(CCC(=O)OCC(=O)c2cc(C)n(C(C)C)c2C)c(C)n1. The molecule has 0 bridgehead atoms. The lowest BCUT2D eigenvalue weighted by Crippen LogP contribution is -2.16. The molecule has 0 N–H and O–H groups in total. The Hall–Kier alpha value is -2.15. The Bertz CT molecular complexity index is 864. The fraction of sp³-hybridized carbons (Fsp3) is 0.524. The van der Waals surface area contributed by atoms with Gasteiger partial charge in [-0.15, -0.1) is 0 Å².